The van der Waals surface area contributed by atoms with Crippen LogP contribution in [0.15, 0.2) is 30.2 Å². The molecule has 0 aliphatic rings. The van der Waals surface area contributed by atoms with Crippen molar-refractivity contribution < 1.29 is 31.6 Å². The summed E-state index contributed by atoms with van der Waals surface area (Å²) in [6.07, 6.45) is 1.59. The van der Waals surface area contributed by atoms with Gasteiger partial charge in [-0.05, 0) is 31.6 Å². The summed E-state index contributed by atoms with van der Waals surface area (Å²) in [5, 5.41) is 12.4. The van der Waals surface area contributed by atoms with Crippen molar-refractivity contribution in [3.05, 3.63) is 40.8 Å². The summed E-state index contributed by atoms with van der Waals surface area (Å²) in [7, 11) is 0. The Hall–Kier alpha value is -0.104. The van der Waals surface area contributed by atoms with Gasteiger partial charge in [0.05, 0.1) is 17.6 Å². The second-order valence-corrected chi connectivity index (χ2v) is 4.20. The van der Waals surface area contributed by atoms with Crippen molar-refractivity contribution in [3.63, 3.8) is 0 Å². The minimum absolute atomic E-state index is 0. The molecule has 0 saturated heterocycles. The molecule has 0 N–H and O–H groups in total. The maximum Gasteiger partial charge on any atom is 2.00 e. The third-order valence-corrected chi connectivity index (χ3v) is 2.52. The van der Waals surface area contributed by atoms with Crippen molar-refractivity contribution in [2.24, 2.45) is 0 Å². The zero-order valence-electron chi connectivity index (χ0n) is 11.8. The maximum absolute atomic E-state index is 11.9. The summed E-state index contributed by atoms with van der Waals surface area (Å²) in [6, 6.07) is 7.09. The van der Waals surface area contributed by atoms with Crippen molar-refractivity contribution in [1.82, 2.24) is 0 Å². The molecule has 0 aliphatic carbocycles. The van der Waals surface area contributed by atoms with Crippen LogP contribution in [0.5, 0.6) is 0 Å². The van der Waals surface area contributed by atoms with Crippen molar-refractivity contribution >= 4 is 40.4 Å². The first kappa shape index (κ1) is 22.2. The van der Waals surface area contributed by atoms with Gasteiger partial charge in [0.2, 0.25) is 0 Å². The van der Waals surface area contributed by atoms with Crippen molar-refractivity contribution in [2.45, 2.75) is 26.7 Å². The van der Waals surface area contributed by atoms with Crippen LogP contribution in [0, 0.1) is 0 Å². The van der Waals surface area contributed by atoms with Crippen LogP contribution in [0.2, 0.25) is 5.02 Å². The van der Waals surface area contributed by atoms with Gasteiger partial charge in [0.1, 0.15) is 5.76 Å². The Morgan fingerprint density at radius 1 is 1.10 bits per heavy atom. The largest absolute Gasteiger partial charge is 2.00 e. The van der Waals surface area contributed by atoms with Gasteiger partial charge in [-0.3, -0.25) is 0 Å². The fourth-order valence-corrected chi connectivity index (χ4v) is 1.58. The predicted molar refractivity (Wildman–Crippen MR) is 76.6 cm³/mol. The molecule has 3 nitrogen and oxygen atoms in total. The van der Waals surface area contributed by atoms with E-state index in [0.717, 1.165) is 12.8 Å². The van der Waals surface area contributed by atoms with Crippen LogP contribution < -0.4 is 22.1 Å². The molecule has 0 heterocycles. The van der Waals surface area contributed by atoms with E-state index in [4.69, 9.17) is 21.1 Å². The molecular weight excluding hydrogens is 356 g/mol. The standard InChI is InChI=1S/C14H19ClO3.BrH.Mg/c1-3-9-17-13(14(16)18-10-4-2)11-7-5-6-8-12(11)15;;/h5-8,16H,3-4,9-10H2,1-2H3;1H;/q;;+2/p-2. The van der Waals surface area contributed by atoms with Gasteiger partial charge in [-0.2, -0.15) is 0 Å². The third kappa shape index (κ3) is 7.06. The molecule has 0 amide bonds. The summed E-state index contributed by atoms with van der Waals surface area (Å²) >= 11 is 6.07. The summed E-state index contributed by atoms with van der Waals surface area (Å²) < 4.78 is 10.6. The van der Waals surface area contributed by atoms with Gasteiger partial charge in [-0.15, -0.1) is 0 Å². The summed E-state index contributed by atoms with van der Waals surface area (Å²) in [4.78, 5) is 0. The van der Waals surface area contributed by atoms with Gasteiger partial charge in [0.15, 0.2) is 0 Å². The van der Waals surface area contributed by atoms with Crippen molar-refractivity contribution in [3.8, 4) is 0 Å². The van der Waals surface area contributed by atoms with E-state index in [0.29, 0.717) is 23.8 Å². The molecule has 0 radical (unpaired) electrons. The van der Waals surface area contributed by atoms with Gasteiger partial charge >= 0.3 is 23.1 Å². The first-order valence-corrected chi connectivity index (χ1v) is 6.50. The molecule has 1 aromatic rings. The quantitative estimate of drug-likeness (QED) is 0.491. The number of halogens is 2. The first-order chi connectivity index (χ1) is 8.70. The van der Waals surface area contributed by atoms with Gasteiger partial charge in [-0.25, -0.2) is 0 Å². The Kier molecular flexibility index (Phi) is 14.0. The Morgan fingerprint density at radius 3 is 2.20 bits per heavy atom. The molecule has 0 aromatic heterocycles. The fourth-order valence-electron chi connectivity index (χ4n) is 1.36. The van der Waals surface area contributed by atoms with E-state index in [1.807, 2.05) is 19.9 Å². The van der Waals surface area contributed by atoms with E-state index in [9.17, 15) is 5.11 Å². The second kappa shape index (κ2) is 12.6. The molecule has 20 heavy (non-hydrogen) atoms. The molecule has 0 fully saturated rings. The second-order valence-electron chi connectivity index (χ2n) is 3.79. The summed E-state index contributed by atoms with van der Waals surface area (Å²) in [5.74, 6) is -0.269. The van der Waals surface area contributed by atoms with E-state index >= 15 is 0 Å². The average Bonchev–Trinajstić information content (AvgIpc) is 2.38. The predicted octanol–water partition coefficient (Wildman–Crippen LogP) is -0.197. The number of hydrogen-bond acceptors (Lipinski definition) is 3. The van der Waals surface area contributed by atoms with E-state index in [1.165, 1.54) is 0 Å². The Morgan fingerprint density at radius 2 is 1.65 bits per heavy atom. The SMILES string of the molecule is CCCOC([O-])=C(OCCC)c1ccccc1Cl.[Br-].[Mg+2]. The van der Waals surface area contributed by atoms with Crippen LogP contribution in [0.3, 0.4) is 0 Å². The van der Waals surface area contributed by atoms with Crippen LogP contribution in [0.1, 0.15) is 32.3 Å². The molecule has 0 spiro atoms. The molecule has 6 heteroatoms. The van der Waals surface area contributed by atoms with Gasteiger partial charge in [-0.1, -0.05) is 37.6 Å². The van der Waals surface area contributed by atoms with Crippen molar-refractivity contribution in [2.75, 3.05) is 13.2 Å². The molecule has 1 aromatic carbocycles. The van der Waals surface area contributed by atoms with Crippen LogP contribution in [0.4, 0.5) is 0 Å². The van der Waals surface area contributed by atoms with Crippen LogP contribution in [0.25, 0.3) is 5.76 Å². The smallest absolute Gasteiger partial charge is 1.00 e. The van der Waals surface area contributed by atoms with Crippen molar-refractivity contribution in [1.29, 1.82) is 0 Å². The number of rotatable bonds is 7. The molecule has 0 bridgehead atoms. The first-order valence-electron chi connectivity index (χ1n) is 6.12. The molecule has 0 saturated carbocycles. The molecule has 108 valence electrons. The van der Waals surface area contributed by atoms with Crippen LogP contribution in [-0.2, 0) is 9.47 Å². The zero-order chi connectivity index (χ0) is 13.4. The van der Waals surface area contributed by atoms with E-state index in [1.54, 1.807) is 18.2 Å². The Labute approximate surface area is 152 Å². The monoisotopic (exact) mass is 372 g/mol. The average molecular weight is 374 g/mol. The Balaban J connectivity index is 0. The molecule has 0 atom stereocenters. The van der Waals surface area contributed by atoms with Gasteiger partial charge in [0, 0.05) is 5.56 Å². The summed E-state index contributed by atoms with van der Waals surface area (Å²) in [5.41, 5.74) is 0.578. The molecule has 0 aliphatic heterocycles. The zero-order valence-corrected chi connectivity index (χ0v) is 15.6. The number of ether oxygens (including phenoxy) is 2. The normalized spacial score (nSPS) is 10.8. The third-order valence-electron chi connectivity index (χ3n) is 2.19. The Bertz CT molecular complexity index is 413. The van der Waals surface area contributed by atoms with E-state index in [-0.39, 0.29) is 45.8 Å². The fraction of sp³-hybridized carbons (Fsp3) is 0.429. The molecule has 0 unspecified atom stereocenters. The summed E-state index contributed by atoms with van der Waals surface area (Å²) in [6.45, 7) is 4.75. The van der Waals surface area contributed by atoms with Gasteiger partial charge in [0.25, 0.3) is 0 Å². The van der Waals surface area contributed by atoms with Crippen LogP contribution in [-0.4, -0.2) is 36.3 Å². The number of hydrogen-bond donors (Lipinski definition) is 0. The van der Waals surface area contributed by atoms with Gasteiger partial charge < -0.3 is 31.6 Å². The molecule has 1 rings (SSSR count). The number of benzene rings is 1. The topological polar surface area (TPSA) is 41.5 Å². The minimum Gasteiger partial charge on any atom is -1.00 e. The van der Waals surface area contributed by atoms with E-state index < -0.39 is 5.95 Å². The van der Waals surface area contributed by atoms with Crippen LogP contribution >= 0.6 is 11.6 Å². The minimum atomic E-state index is -0.460. The van der Waals surface area contributed by atoms with E-state index in [2.05, 4.69) is 0 Å². The molecular formula is C14H18BrClMgO3. The maximum atomic E-state index is 11.9.